The van der Waals surface area contributed by atoms with Crippen molar-refractivity contribution in [1.29, 1.82) is 0 Å². The minimum Gasteiger partial charge on any atom is -0.496 e. The highest BCUT2D eigenvalue weighted by atomic mass is 16.5. The van der Waals surface area contributed by atoms with Crippen LogP contribution in [0.2, 0.25) is 0 Å². The summed E-state index contributed by atoms with van der Waals surface area (Å²) in [5.74, 6) is 0.460. The van der Waals surface area contributed by atoms with E-state index in [2.05, 4.69) is 5.32 Å². The average molecular weight is 410 g/mol. The molecule has 1 aliphatic rings. The molecule has 3 rings (SSSR count). The topological polar surface area (TPSA) is 84.9 Å². The summed E-state index contributed by atoms with van der Waals surface area (Å²) >= 11 is 0. The molecule has 1 N–H and O–H groups in total. The molecule has 1 fully saturated rings. The van der Waals surface area contributed by atoms with Gasteiger partial charge in [0, 0.05) is 37.2 Å². The van der Waals surface area contributed by atoms with E-state index in [1.54, 1.807) is 36.3 Å². The Morgan fingerprint density at radius 3 is 2.50 bits per heavy atom. The summed E-state index contributed by atoms with van der Waals surface area (Å²) in [6.45, 7) is 2.42. The number of piperidine rings is 1. The van der Waals surface area contributed by atoms with Crippen LogP contribution in [0.5, 0.6) is 11.5 Å². The van der Waals surface area contributed by atoms with E-state index in [0.29, 0.717) is 43.0 Å². The summed E-state index contributed by atoms with van der Waals surface area (Å²) in [6, 6.07) is 14.1. The first-order chi connectivity index (χ1) is 14.5. The quantitative estimate of drug-likeness (QED) is 0.585. The molecule has 2 aromatic rings. The van der Waals surface area contributed by atoms with E-state index in [0.717, 1.165) is 5.56 Å². The number of nitrogens with one attached hydrogen (secondary N) is 1. The molecule has 1 saturated heterocycles. The highest BCUT2D eigenvalue weighted by molar-refractivity contribution is 5.94. The molecule has 0 radical (unpaired) electrons. The van der Waals surface area contributed by atoms with Gasteiger partial charge in [-0.25, -0.2) is 0 Å². The number of para-hydroxylation sites is 1. The zero-order valence-corrected chi connectivity index (χ0v) is 17.2. The Labute approximate surface area is 176 Å². The fraction of sp³-hybridized carbons (Fsp3) is 0.348. The van der Waals surface area contributed by atoms with Crippen molar-refractivity contribution < 1.29 is 23.9 Å². The Hall–Kier alpha value is -3.35. The molecule has 7 heteroatoms. The summed E-state index contributed by atoms with van der Waals surface area (Å²) in [5.41, 5.74) is 1.32. The predicted octanol–water partition coefficient (Wildman–Crippen LogP) is 2.58. The largest absolute Gasteiger partial charge is 0.496 e. The van der Waals surface area contributed by atoms with E-state index in [-0.39, 0.29) is 24.3 Å². The summed E-state index contributed by atoms with van der Waals surface area (Å²) in [4.78, 5) is 38.1. The maximum Gasteiger partial charge on any atom is 0.308 e. The third-order valence-corrected chi connectivity index (χ3v) is 5.03. The summed E-state index contributed by atoms with van der Waals surface area (Å²) in [7, 11) is 1.59. The Bertz CT molecular complexity index is 919. The minimum atomic E-state index is -0.427. The Kier molecular flexibility index (Phi) is 7.06. The Balaban J connectivity index is 1.51. The lowest BCUT2D eigenvalue weighted by atomic mass is 10.0. The number of nitrogens with zero attached hydrogens (tertiary/aromatic N) is 1. The number of esters is 1. The fourth-order valence-electron chi connectivity index (χ4n) is 3.57. The number of likely N-dealkylation sites (tertiary alicyclic amines) is 1. The smallest absolute Gasteiger partial charge is 0.308 e. The predicted molar refractivity (Wildman–Crippen MR) is 112 cm³/mol. The monoisotopic (exact) mass is 410 g/mol. The van der Waals surface area contributed by atoms with E-state index in [4.69, 9.17) is 9.47 Å². The number of benzene rings is 2. The molecule has 0 spiro atoms. The molecule has 7 nitrogen and oxygen atoms in total. The summed E-state index contributed by atoms with van der Waals surface area (Å²) in [6.07, 6.45) is 1.63. The maximum atomic E-state index is 12.8. The van der Waals surface area contributed by atoms with Crippen LogP contribution in [0.25, 0.3) is 0 Å². The molecular formula is C23H26N2O5. The van der Waals surface area contributed by atoms with Crippen LogP contribution in [0.3, 0.4) is 0 Å². The molecule has 1 heterocycles. The van der Waals surface area contributed by atoms with Crippen molar-refractivity contribution in [3.05, 3.63) is 59.7 Å². The molecule has 158 valence electrons. The highest BCUT2D eigenvalue weighted by Crippen LogP contribution is 2.20. The molecule has 2 aromatic carbocycles. The zero-order chi connectivity index (χ0) is 21.5. The van der Waals surface area contributed by atoms with Crippen LogP contribution in [-0.2, 0) is 16.0 Å². The lowest BCUT2D eigenvalue weighted by molar-refractivity contribution is -0.131. The molecule has 30 heavy (non-hydrogen) atoms. The van der Waals surface area contributed by atoms with Crippen molar-refractivity contribution >= 4 is 17.8 Å². The fourth-order valence-corrected chi connectivity index (χ4v) is 3.57. The van der Waals surface area contributed by atoms with Crippen LogP contribution in [0, 0.1) is 0 Å². The van der Waals surface area contributed by atoms with Gasteiger partial charge in [0.15, 0.2) is 0 Å². The molecule has 0 saturated carbocycles. The lowest BCUT2D eigenvalue weighted by Crippen LogP contribution is -2.46. The highest BCUT2D eigenvalue weighted by Gasteiger charge is 2.25. The van der Waals surface area contributed by atoms with Gasteiger partial charge in [-0.15, -0.1) is 0 Å². The van der Waals surface area contributed by atoms with Gasteiger partial charge in [-0.2, -0.15) is 0 Å². The van der Waals surface area contributed by atoms with Gasteiger partial charge < -0.3 is 19.7 Å². The van der Waals surface area contributed by atoms with Gasteiger partial charge in [0.1, 0.15) is 11.5 Å². The van der Waals surface area contributed by atoms with Gasteiger partial charge in [0.05, 0.1) is 13.5 Å². The molecule has 0 bridgehead atoms. The summed E-state index contributed by atoms with van der Waals surface area (Å²) in [5, 5.41) is 3.06. The van der Waals surface area contributed by atoms with Crippen LogP contribution in [0.15, 0.2) is 48.5 Å². The lowest BCUT2D eigenvalue weighted by Gasteiger charge is -2.32. The molecule has 1 aliphatic heterocycles. The standard InChI is InChI=1S/C23H26N2O5/c1-16(26)30-20-8-5-7-18(14-20)23(28)25-12-10-19(11-13-25)24-22(27)15-17-6-3-4-9-21(17)29-2/h3-9,14,19H,10-13,15H2,1-2H3,(H,24,27). The van der Waals surface area contributed by atoms with Crippen LogP contribution < -0.4 is 14.8 Å². The van der Waals surface area contributed by atoms with E-state index < -0.39 is 5.97 Å². The van der Waals surface area contributed by atoms with Gasteiger partial charge in [-0.05, 0) is 37.1 Å². The van der Waals surface area contributed by atoms with Gasteiger partial charge >= 0.3 is 5.97 Å². The SMILES string of the molecule is COc1ccccc1CC(=O)NC1CCN(C(=O)c2cccc(OC(C)=O)c2)CC1. The van der Waals surface area contributed by atoms with E-state index in [1.807, 2.05) is 24.3 Å². The molecule has 0 unspecified atom stereocenters. The van der Waals surface area contributed by atoms with Crippen LogP contribution >= 0.6 is 0 Å². The number of carbonyl (C=O) groups excluding carboxylic acids is 3. The van der Waals surface area contributed by atoms with Gasteiger partial charge in [-0.3, -0.25) is 14.4 Å². The van der Waals surface area contributed by atoms with Crippen molar-refractivity contribution in [3.63, 3.8) is 0 Å². The zero-order valence-electron chi connectivity index (χ0n) is 17.2. The number of ether oxygens (including phenoxy) is 2. The van der Waals surface area contributed by atoms with Gasteiger partial charge in [0.2, 0.25) is 5.91 Å². The molecule has 0 aromatic heterocycles. The second kappa shape index (κ2) is 9.91. The van der Waals surface area contributed by atoms with E-state index >= 15 is 0 Å². The van der Waals surface area contributed by atoms with Gasteiger partial charge in [-0.1, -0.05) is 24.3 Å². The van der Waals surface area contributed by atoms with Crippen molar-refractivity contribution in [2.24, 2.45) is 0 Å². The van der Waals surface area contributed by atoms with Crippen molar-refractivity contribution in [1.82, 2.24) is 10.2 Å². The van der Waals surface area contributed by atoms with E-state index in [1.165, 1.54) is 6.92 Å². The number of methoxy groups -OCH3 is 1. The van der Waals surface area contributed by atoms with Gasteiger partial charge in [0.25, 0.3) is 5.91 Å². The maximum absolute atomic E-state index is 12.8. The molecular weight excluding hydrogens is 384 g/mol. The second-order valence-electron chi connectivity index (χ2n) is 7.24. The Morgan fingerprint density at radius 2 is 1.80 bits per heavy atom. The normalized spacial score (nSPS) is 14.1. The first-order valence-corrected chi connectivity index (χ1v) is 9.95. The van der Waals surface area contributed by atoms with Crippen LogP contribution in [0.1, 0.15) is 35.7 Å². The number of hydrogen-bond donors (Lipinski definition) is 1. The molecule has 0 atom stereocenters. The number of carbonyl (C=O) groups is 3. The second-order valence-corrected chi connectivity index (χ2v) is 7.24. The first kappa shape index (κ1) is 21.4. The molecule has 0 aliphatic carbocycles. The average Bonchev–Trinajstić information content (AvgIpc) is 2.74. The third kappa shape index (κ3) is 5.59. The van der Waals surface area contributed by atoms with Crippen LogP contribution in [-0.4, -0.2) is 48.9 Å². The van der Waals surface area contributed by atoms with Crippen LogP contribution in [0.4, 0.5) is 0 Å². The first-order valence-electron chi connectivity index (χ1n) is 9.95. The number of rotatable bonds is 6. The summed E-state index contributed by atoms with van der Waals surface area (Å²) < 4.78 is 10.3. The van der Waals surface area contributed by atoms with Crippen molar-refractivity contribution in [2.75, 3.05) is 20.2 Å². The van der Waals surface area contributed by atoms with Crippen molar-refractivity contribution in [3.8, 4) is 11.5 Å². The number of amides is 2. The minimum absolute atomic E-state index is 0.0311. The Morgan fingerprint density at radius 1 is 1.07 bits per heavy atom. The number of hydrogen-bond acceptors (Lipinski definition) is 5. The van der Waals surface area contributed by atoms with E-state index in [9.17, 15) is 14.4 Å². The molecule has 2 amide bonds. The third-order valence-electron chi connectivity index (χ3n) is 5.03. The van der Waals surface area contributed by atoms with Crippen molar-refractivity contribution in [2.45, 2.75) is 32.2 Å².